The molecule has 0 aliphatic carbocycles. The van der Waals surface area contributed by atoms with Crippen LogP contribution >= 0.6 is 0 Å². The molecule has 1 aromatic carbocycles. The van der Waals surface area contributed by atoms with Crippen molar-refractivity contribution in [3.63, 3.8) is 0 Å². The minimum atomic E-state index is -0.606. The van der Waals surface area contributed by atoms with Crippen LogP contribution in [0.2, 0.25) is 0 Å². The van der Waals surface area contributed by atoms with Crippen molar-refractivity contribution in [1.82, 2.24) is 4.90 Å². The fourth-order valence-electron chi connectivity index (χ4n) is 3.07. The zero-order chi connectivity index (χ0) is 15.9. The van der Waals surface area contributed by atoms with Gasteiger partial charge < -0.3 is 23.8 Å². The molecular weight excluding hydrogens is 294 g/mol. The third-order valence-electron chi connectivity index (χ3n) is 4.21. The maximum Gasteiger partial charge on any atom is 0.245 e. The van der Waals surface area contributed by atoms with Crippen molar-refractivity contribution in [2.45, 2.75) is 19.6 Å². The van der Waals surface area contributed by atoms with Gasteiger partial charge in [-0.05, 0) is 18.2 Å². The lowest BCUT2D eigenvalue weighted by Crippen LogP contribution is -2.35. The summed E-state index contributed by atoms with van der Waals surface area (Å²) in [7, 11) is 0. The molecule has 4 rings (SSSR count). The van der Waals surface area contributed by atoms with Gasteiger partial charge in [0.05, 0.1) is 13.2 Å². The second-order valence-corrected chi connectivity index (χ2v) is 6.31. The molecule has 0 bridgehead atoms. The van der Waals surface area contributed by atoms with Crippen LogP contribution in [0.1, 0.15) is 25.0 Å². The molecule has 0 N–H and O–H groups in total. The Morgan fingerprint density at radius 2 is 1.96 bits per heavy atom. The van der Waals surface area contributed by atoms with Crippen molar-refractivity contribution < 1.29 is 18.9 Å². The Kier molecular flexibility index (Phi) is 3.45. The monoisotopic (exact) mass is 315 g/mol. The molecule has 122 valence electrons. The maximum absolute atomic E-state index is 5.84. The van der Waals surface area contributed by atoms with Crippen LogP contribution in [0.25, 0.3) is 11.5 Å². The third-order valence-corrected chi connectivity index (χ3v) is 4.21. The molecule has 0 saturated carbocycles. The highest BCUT2D eigenvalue weighted by Crippen LogP contribution is 2.37. The summed E-state index contributed by atoms with van der Waals surface area (Å²) in [6, 6.07) is 6.18. The number of ether oxygens (including phenoxy) is 4. The van der Waals surface area contributed by atoms with Gasteiger partial charge in [-0.3, -0.25) is 0 Å². The number of morpholine rings is 1. The molecule has 0 atom stereocenters. The lowest BCUT2D eigenvalue weighted by Gasteiger charge is -2.33. The minimum absolute atomic E-state index is 0.588. The van der Waals surface area contributed by atoms with Crippen LogP contribution in [0.4, 0.5) is 0 Å². The first-order chi connectivity index (χ1) is 11.1. The van der Waals surface area contributed by atoms with Crippen LogP contribution < -0.4 is 4.74 Å². The Morgan fingerprint density at radius 3 is 2.70 bits per heavy atom. The summed E-state index contributed by atoms with van der Waals surface area (Å²) >= 11 is 0. The molecule has 3 heterocycles. The quantitative estimate of drug-likeness (QED) is 0.839. The van der Waals surface area contributed by atoms with Crippen molar-refractivity contribution in [1.29, 1.82) is 0 Å². The van der Waals surface area contributed by atoms with Crippen LogP contribution in [-0.4, -0.2) is 43.6 Å². The molecule has 23 heavy (non-hydrogen) atoms. The Hall–Kier alpha value is -2.14. The highest BCUT2D eigenvalue weighted by Gasteiger charge is 2.29. The number of rotatable bonds is 2. The SMILES string of the molecule is CC1(C)OC=C(c2ccc3c(c2)OCC=C3N2CCOCC2)O1. The van der Waals surface area contributed by atoms with E-state index in [2.05, 4.69) is 23.1 Å². The van der Waals surface area contributed by atoms with E-state index in [-0.39, 0.29) is 0 Å². The summed E-state index contributed by atoms with van der Waals surface area (Å²) in [5.74, 6) is 1.02. The molecule has 3 aliphatic rings. The molecule has 5 nitrogen and oxygen atoms in total. The summed E-state index contributed by atoms with van der Waals surface area (Å²) in [6.45, 7) is 7.77. The number of fused-ring (bicyclic) bond motifs is 1. The first-order valence-corrected chi connectivity index (χ1v) is 8.00. The number of hydrogen-bond acceptors (Lipinski definition) is 5. The predicted octanol–water partition coefficient (Wildman–Crippen LogP) is 2.83. The fraction of sp³-hybridized carbons (Fsp3) is 0.444. The summed E-state index contributed by atoms with van der Waals surface area (Å²) in [5, 5.41) is 0. The molecule has 0 aromatic heterocycles. The first kappa shape index (κ1) is 14.5. The highest BCUT2D eigenvalue weighted by atomic mass is 16.7. The Morgan fingerprint density at radius 1 is 1.13 bits per heavy atom. The van der Waals surface area contributed by atoms with Gasteiger partial charge in [-0.15, -0.1) is 0 Å². The van der Waals surface area contributed by atoms with E-state index < -0.39 is 5.79 Å². The van der Waals surface area contributed by atoms with Crippen molar-refractivity contribution >= 4 is 11.5 Å². The number of benzene rings is 1. The zero-order valence-electron chi connectivity index (χ0n) is 13.5. The topological polar surface area (TPSA) is 40.2 Å². The normalized spacial score (nSPS) is 22.3. The van der Waals surface area contributed by atoms with E-state index in [0.717, 1.165) is 48.9 Å². The number of nitrogens with zero attached hydrogens (tertiary/aromatic N) is 1. The van der Waals surface area contributed by atoms with Crippen LogP contribution in [-0.2, 0) is 14.2 Å². The van der Waals surface area contributed by atoms with E-state index >= 15 is 0 Å². The van der Waals surface area contributed by atoms with Crippen LogP contribution in [0.15, 0.2) is 30.5 Å². The molecule has 0 spiro atoms. The highest BCUT2D eigenvalue weighted by molar-refractivity contribution is 5.74. The Balaban J connectivity index is 1.61. The minimum Gasteiger partial charge on any atom is -0.489 e. The van der Waals surface area contributed by atoms with Gasteiger partial charge in [-0.1, -0.05) is 6.07 Å². The van der Waals surface area contributed by atoms with E-state index in [0.29, 0.717) is 6.61 Å². The first-order valence-electron chi connectivity index (χ1n) is 8.00. The molecule has 3 aliphatic heterocycles. The summed E-state index contributed by atoms with van der Waals surface area (Å²) in [6.07, 6.45) is 3.81. The van der Waals surface area contributed by atoms with Gasteiger partial charge in [0, 0.05) is 43.8 Å². The Labute approximate surface area is 136 Å². The molecule has 1 fully saturated rings. The maximum atomic E-state index is 5.84. The lowest BCUT2D eigenvalue weighted by molar-refractivity contribution is -0.102. The van der Waals surface area contributed by atoms with E-state index in [4.69, 9.17) is 18.9 Å². The van der Waals surface area contributed by atoms with Crippen molar-refractivity contribution in [2.75, 3.05) is 32.9 Å². The molecule has 0 amide bonds. The lowest BCUT2D eigenvalue weighted by atomic mass is 10.0. The summed E-state index contributed by atoms with van der Waals surface area (Å²) in [5.41, 5.74) is 3.33. The van der Waals surface area contributed by atoms with Crippen LogP contribution in [0.5, 0.6) is 5.75 Å². The second kappa shape index (κ2) is 5.49. The molecule has 1 saturated heterocycles. The average Bonchev–Trinajstić information content (AvgIpc) is 2.94. The van der Waals surface area contributed by atoms with Crippen molar-refractivity contribution in [2.24, 2.45) is 0 Å². The molecule has 0 unspecified atom stereocenters. The smallest absolute Gasteiger partial charge is 0.245 e. The molecule has 1 aromatic rings. The fourth-order valence-corrected chi connectivity index (χ4v) is 3.07. The van der Waals surface area contributed by atoms with Crippen LogP contribution in [0, 0.1) is 0 Å². The number of hydrogen-bond donors (Lipinski definition) is 0. The standard InChI is InChI=1S/C18H21NO4/c1-18(2)22-12-17(23-18)13-3-4-14-15(5-8-21-16(14)11-13)19-6-9-20-10-7-19/h3-5,11-12H,6-10H2,1-2H3. The second-order valence-electron chi connectivity index (χ2n) is 6.31. The van der Waals surface area contributed by atoms with Gasteiger partial charge in [0.1, 0.15) is 18.6 Å². The van der Waals surface area contributed by atoms with E-state index in [1.165, 1.54) is 5.70 Å². The largest absolute Gasteiger partial charge is 0.489 e. The van der Waals surface area contributed by atoms with E-state index in [1.807, 2.05) is 19.9 Å². The van der Waals surface area contributed by atoms with Gasteiger partial charge in [-0.25, -0.2) is 0 Å². The van der Waals surface area contributed by atoms with Gasteiger partial charge >= 0.3 is 0 Å². The van der Waals surface area contributed by atoms with E-state index in [9.17, 15) is 0 Å². The summed E-state index contributed by atoms with van der Waals surface area (Å²) < 4.78 is 22.6. The molecular formula is C18H21NO4. The predicted molar refractivity (Wildman–Crippen MR) is 86.5 cm³/mol. The van der Waals surface area contributed by atoms with Crippen molar-refractivity contribution in [3.8, 4) is 5.75 Å². The molecule has 5 heteroatoms. The van der Waals surface area contributed by atoms with Crippen LogP contribution in [0.3, 0.4) is 0 Å². The van der Waals surface area contributed by atoms with Crippen molar-refractivity contribution in [3.05, 3.63) is 41.7 Å². The van der Waals surface area contributed by atoms with Gasteiger partial charge in [-0.2, -0.15) is 0 Å². The average molecular weight is 315 g/mol. The van der Waals surface area contributed by atoms with Gasteiger partial charge in [0.25, 0.3) is 0 Å². The Bertz CT molecular complexity index is 672. The van der Waals surface area contributed by atoms with Gasteiger partial charge in [0.2, 0.25) is 5.79 Å². The van der Waals surface area contributed by atoms with Gasteiger partial charge in [0.15, 0.2) is 5.76 Å². The summed E-state index contributed by atoms with van der Waals surface area (Å²) in [4.78, 5) is 2.36. The molecule has 0 radical (unpaired) electrons. The van der Waals surface area contributed by atoms with E-state index in [1.54, 1.807) is 6.26 Å². The zero-order valence-corrected chi connectivity index (χ0v) is 13.5. The third kappa shape index (κ3) is 2.77.